The molecular formula is C14H8ClFN2O. The summed E-state index contributed by atoms with van der Waals surface area (Å²) in [6, 6.07) is 12.0. The van der Waals surface area contributed by atoms with E-state index in [0.29, 0.717) is 5.56 Å². The van der Waals surface area contributed by atoms with E-state index in [1.807, 2.05) is 6.07 Å². The molecule has 0 heterocycles. The SMILES string of the molecule is N#Cc1ccc(Cl)c(NC(=O)c2ccccc2F)c1. The van der Waals surface area contributed by atoms with Crippen molar-refractivity contribution in [2.24, 2.45) is 0 Å². The molecule has 0 fully saturated rings. The van der Waals surface area contributed by atoms with Crippen LogP contribution in [-0.4, -0.2) is 5.91 Å². The first-order valence-electron chi connectivity index (χ1n) is 5.37. The van der Waals surface area contributed by atoms with Gasteiger partial charge in [-0.25, -0.2) is 4.39 Å². The zero-order valence-corrected chi connectivity index (χ0v) is 10.4. The number of rotatable bonds is 2. The van der Waals surface area contributed by atoms with Crippen LogP contribution in [0.25, 0.3) is 0 Å². The fourth-order valence-corrected chi connectivity index (χ4v) is 1.69. The van der Waals surface area contributed by atoms with Crippen molar-refractivity contribution in [3.05, 3.63) is 64.4 Å². The van der Waals surface area contributed by atoms with Crippen LogP contribution in [0.15, 0.2) is 42.5 Å². The number of anilines is 1. The lowest BCUT2D eigenvalue weighted by Crippen LogP contribution is -2.14. The lowest BCUT2D eigenvalue weighted by molar-refractivity contribution is 0.102. The van der Waals surface area contributed by atoms with Gasteiger partial charge in [0.1, 0.15) is 5.82 Å². The lowest BCUT2D eigenvalue weighted by Gasteiger charge is -2.08. The minimum atomic E-state index is -0.618. The summed E-state index contributed by atoms with van der Waals surface area (Å²) in [5.74, 6) is -1.23. The van der Waals surface area contributed by atoms with Crippen LogP contribution in [-0.2, 0) is 0 Å². The zero-order valence-electron chi connectivity index (χ0n) is 9.65. The largest absolute Gasteiger partial charge is 0.320 e. The van der Waals surface area contributed by atoms with Gasteiger partial charge in [-0.3, -0.25) is 4.79 Å². The molecule has 94 valence electrons. The first kappa shape index (κ1) is 13.1. The van der Waals surface area contributed by atoms with Gasteiger partial charge in [0.25, 0.3) is 5.91 Å². The van der Waals surface area contributed by atoms with Gasteiger partial charge in [-0.1, -0.05) is 23.7 Å². The molecule has 0 saturated heterocycles. The number of hydrogen-bond donors (Lipinski definition) is 1. The minimum Gasteiger partial charge on any atom is -0.320 e. The Labute approximate surface area is 114 Å². The average molecular weight is 275 g/mol. The number of carbonyl (C=O) groups excluding carboxylic acids is 1. The number of nitrogens with zero attached hydrogens (tertiary/aromatic N) is 1. The van der Waals surface area contributed by atoms with Gasteiger partial charge in [0, 0.05) is 0 Å². The minimum absolute atomic E-state index is 0.0825. The molecule has 0 bridgehead atoms. The van der Waals surface area contributed by atoms with Crippen molar-refractivity contribution >= 4 is 23.2 Å². The van der Waals surface area contributed by atoms with Crippen molar-refractivity contribution in [3.8, 4) is 6.07 Å². The van der Waals surface area contributed by atoms with Crippen LogP contribution < -0.4 is 5.32 Å². The second kappa shape index (κ2) is 5.51. The van der Waals surface area contributed by atoms with Gasteiger partial charge in [-0.05, 0) is 30.3 Å². The van der Waals surface area contributed by atoms with E-state index in [9.17, 15) is 9.18 Å². The third kappa shape index (κ3) is 2.90. The summed E-state index contributed by atoms with van der Waals surface area (Å²) in [6.45, 7) is 0. The molecule has 0 atom stereocenters. The predicted octanol–water partition coefficient (Wildman–Crippen LogP) is 3.60. The molecule has 2 rings (SSSR count). The Hall–Kier alpha value is -2.38. The van der Waals surface area contributed by atoms with E-state index >= 15 is 0 Å². The Morgan fingerprint density at radius 1 is 1.26 bits per heavy atom. The highest BCUT2D eigenvalue weighted by Crippen LogP contribution is 2.23. The molecule has 3 nitrogen and oxygen atoms in total. The molecular weight excluding hydrogens is 267 g/mol. The van der Waals surface area contributed by atoms with Crippen LogP contribution in [0.2, 0.25) is 5.02 Å². The number of hydrogen-bond acceptors (Lipinski definition) is 2. The number of carbonyl (C=O) groups is 1. The number of benzene rings is 2. The lowest BCUT2D eigenvalue weighted by atomic mass is 10.1. The molecule has 1 amide bonds. The maximum Gasteiger partial charge on any atom is 0.258 e. The molecule has 0 aromatic heterocycles. The molecule has 0 unspecified atom stereocenters. The van der Waals surface area contributed by atoms with Gasteiger partial charge in [-0.15, -0.1) is 0 Å². The molecule has 0 radical (unpaired) electrons. The third-order valence-corrected chi connectivity index (χ3v) is 2.79. The Morgan fingerprint density at radius 3 is 2.68 bits per heavy atom. The number of nitrogens with one attached hydrogen (secondary N) is 1. The second-order valence-electron chi connectivity index (χ2n) is 3.74. The summed E-state index contributed by atoms with van der Waals surface area (Å²) in [5.41, 5.74) is 0.545. The van der Waals surface area contributed by atoms with E-state index in [1.165, 1.54) is 36.4 Å². The Kier molecular flexibility index (Phi) is 3.79. The van der Waals surface area contributed by atoms with Crippen LogP contribution in [0.3, 0.4) is 0 Å². The highest BCUT2D eigenvalue weighted by Gasteiger charge is 2.12. The fourth-order valence-electron chi connectivity index (χ4n) is 1.53. The van der Waals surface area contributed by atoms with E-state index in [0.717, 1.165) is 0 Å². The van der Waals surface area contributed by atoms with Crippen molar-refractivity contribution in [3.63, 3.8) is 0 Å². The Balaban J connectivity index is 2.30. The topological polar surface area (TPSA) is 52.9 Å². The summed E-state index contributed by atoms with van der Waals surface area (Å²) in [5, 5.41) is 11.5. The Bertz CT molecular complexity index is 679. The van der Waals surface area contributed by atoms with Crippen molar-refractivity contribution in [2.75, 3.05) is 5.32 Å². The summed E-state index contributed by atoms with van der Waals surface area (Å²) in [7, 11) is 0. The first-order chi connectivity index (χ1) is 9.11. The molecule has 0 aliphatic heterocycles. The van der Waals surface area contributed by atoms with Gasteiger partial charge >= 0.3 is 0 Å². The molecule has 1 N–H and O–H groups in total. The van der Waals surface area contributed by atoms with Crippen LogP contribution in [0.4, 0.5) is 10.1 Å². The molecule has 0 spiro atoms. The number of nitriles is 1. The number of amides is 1. The van der Waals surface area contributed by atoms with E-state index < -0.39 is 11.7 Å². The standard InChI is InChI=1S/C14H8ClFN2O/c15-11-6-5-9(8-17)7-13(11)18-14(19)10-3-1-2-4-12(10)16/h1-7H,(H,18,19). The maximum absolute atomic E-state index is 13.4. The molecule has 2 aromatic carbocycles. The molecule has 0 aliphatic rings. The normalized spacial score (nSPS) is 9.74. The van der Waals surface area contributed by atoms with Gasteiger partial charge in [0.05, 0.1) is 27.9 Å². The van der Waals surface area contributed by atoms with Crippen LogP contribution in [0.1, 0.15) is 15.9 Å². The fraction of sp³-hybridized carbons (Fsp3) is 0. The zero-order chi connectivity index (χ0) is 13.8. The van der Waals surface area contributed by atoms with Crippen LogP contribution in [0, 0.1) is 17.1 Å². The van der Waals surface area contributed by atoms with Crippen LogP contribution in [0.5, 0.6) is 0 Å². The molecule has 2 aromatic rings. The van der Waals surface area contributed by atoms with E-state index in [1.54, 1.807) is 6.07 Å². The summed E-state index contributed by atoms with van der Waals surface area (Å²) in [4.78, 5) is 11.9. The van der Waals surface area contributed by atoms with Gasteiger partial charge in [0.2, 0.25) is 0 Å². The molecule has 0 aliphatic carbocycles. The first-order valence-corrected chi connectivity index (χ1v) is 5.75. The van der Waals surface area contributed by atoms with Gasteiger partial charge in [0.15, 0.2) is 0 Å². The summed E-state index contributed by atoms with van der Waals surface area (Å²) in [6.07, 6.45) is 0. The summed E-state index contributed by atoms with van der Waals surface area (Å²) < 4.78 is 13.4. The van der Waals surface area contributed by atoms with Gasteiger partial charge in [-0.2, -0.15) is 5.26 Å². The highest BCUT2D eigenvalue weighted by molar-refractivity contribution is 6.34. The van der Waals surface area contributed by atoms with Crippen molar-refractivity contribution in [2.45, 2.75) is 0 Å². The van der Waals surface area contributed by atoms with Crippen LogP contribution >= 0.6 is 11.6 Å². The van der Waals surface area contributed by atoms with E-state index in [2.05, 4.69) is 5.32 Å². The maximum atomic E-state index is 13.4. The number of halogens is 2. The predicted molar refractivity (Wildman–Crippen MR) is 70.5 cm³/mol. The molecule has 0 saturated carbocycles. The highest BCUT2D eigenvalue weighted by atomic mass is 35.5. The second-order valence-corrected chi connectivity index (χ2v) is 4.15. The van der Waals surface area contributed by atoms with Gasteiger partial charge < -0.3 is 5.32 Å². The average Bonchev–Trinajstić information content (AvgIpc) is 2.41. The smallest absolute Gasteiger partial charge is 0.258 e. The molecule has 19 heavy (non-hydrogen) atoms. The molecule has 5 heteroatoms. The van der Waals surface area contributed by atoms with E-state index in [-0.39, 0.29) is 16.3 Å². The quantitative estimate of drug-likeness (QED) is 0.909. The van der Waals surface area contributed by atoms with Crippen molar-refractivity contribution < 1.29 is 9.18 Å². The Morgan fingerprint density at radius 2 is 2.00 bits per heavy atom. The van der Waals surface area contributed by atoms with E-state index in [4.69, 9.17) is 16.9 Å². The van der Waals surface area contributed by atoms with Crippen molar-refractivity contribution in [1.29, 1.82) is 5.26 Å². The monoisotopic (exact) mass is 274 g/mol. The third-order valence-electron chi connectivity index (χ3n) is 2.46. The van der Waals surface area contributed by atoms with Crippen molar-refractivity contribution in [1.82, 2.24) is 0 Å². The summed E-state index contributed by atoms with van der Waals surface area (Å²) >= 11 is 5.91.